The zero-order chi connectivity index (χ0) is 13.8. The first kappa shape index (κ1) is 15.6. The van der Waals surface area contributed by atoms with Gasteiger partial charge in [0.15, 0.2) is 12.7 Å². The van der Waals surface area contributed by atoms with Crippen LogP contribution in [-0.4, -0.2) is 19.7 Å². The van der Waals surface area contributed by atoms with Gasteiger partial charge in [-0.3, -0.25) is 0 Å². The summed E-state index contributed by atoms with van der Waals surface area (Å²) in [6.07, 6.45) is 3.43. The van der Waals surface area contributed by atoms with Gasteiger partial charge in [-0.05, 0) is 13.3 Å². The number of halogens is 1. The van der Waals surface area contributed by atoms with Crippen LogP contribution in [-0.2, 0) is 6.54 Å². The molecule has 0 bridgehead atoms. The fourth-order valence-electron chi connectivity index (χ4n) is 2.45. The minimum Gasteiger partial charge on any atom is -1.00 e. The van der Waals surface area contributed by atoms with Crippen molar-refractivity contribution in [3.8, 4) is 5.88 Å². The van der Waals surface area contributed by atoms with E-state index in [0.717, 1.165) is 25.5 Å². The van der Waals surface area contributed by atoms with Crippen LogP contribution in [0.4, 0.5) is 5.69 Å². The zero-order valence-corrected chi connectivity index (χ0v) is 13.1. The van der Waals surface area contributed by atoms with E-state index in [0.29, 0.717) is 6.61 Å². The Morgan fingerprint density at radius 3 is 2.52 bits per heavy atom. The number of pyridine rings is 1. The van der Waals surface area contributed by atoms with Crippen molar-refractivity contribution in [3.05, 3.63) is 54.2 Å². The summed E-state index contributed by atoms with van der Waals surface area (Å²) in [7, 11) is 0. The molecule has 1 aromatic carbocycles. The molecule has 3 rings (SSSR count). The van der Waals surface area contributed by atoms with Crippen LogP contribution >= 0.6 is 0 Å². The Balaban J connectivity index is 0.00000161. The number of rotatable bonds is 5. The number of ether oxygens (including phenoxy) is 1. The molecule has 1 fully saturated rings. The van der Waals surface area contributed by atoms with E-state index < -0.39 is 0 Å². The maximum absolute atomic E-state index is 5.80. The van der Waals surface area contributed by atoms with Crippen LogP contribution in [0.2, 0.25) is 0 Å². The van der Waals surface area contributed by atoms with Crippen LogP contribution in [0.1, 0.15) is 18.9 Å². The molecule has 0 atom stereocenters. The van der Waals surface area contributed by atoms with Gasteiger partial charge in [0, 0.05) is 24.7 Å². The van der Waals surface area contributed by atoms with Gasteiger partial charge in [0.2, 0.25) is 0 Å². The summed E-state index contributed by atoms with van der Waals surface area (Å²) in [6.45, 7) is 5.89. The molecule has 2 aromatic rings. The third-order valence-electron chi connectivity index (χ3n) is 3.69. The van der Waals surface area contributed by atoms with E-state index in [1.165, 1.54) is 17.7 Å². The summed E-state index contributed by atoms with van der Waals surface area (Å²) in [6, 6.07) is 14.8. The van der Waals surface area contributed by atoms with E-state index in [2.05, 4.69) is 52.1 Å². The highest BCUT2D eigenvalue weighted by Gasteiger charge is 2.20. The van der Waals surface area contributed by atoms with Crippen LogP contribution in [0.5, 0.6) is 5.88 Å². The molecule has 0 N–H and O–H groups in total. The minimum atomic E-state index is 0. The molecule has 0 radical (unpaired) electrons. The van der Waals surface area contributed by atoms with Gasteiger partial charge in [0.05, 0.1) is 18.4 Å². The zero-order valence-electron chi connectivity index (χ0n) is 12.3. The topological polar surface area (TPSA) is 16.4 Å². The molecular formula is C17H21ClN2O. The van der Waals surface area contributed by atoms with Crippen molar-refractivity contribution < 1.29 is 21.7 Å². The maximum Gasteiger partial charge on any atom is 0.370 e. The Labute approximate surface area is 132 Å². The summed E-state index contributed by atoms with van der Waals surface area (Å²) in [5, 5.41) is 0. The third kappa shape index (κ3) is 3.67. The van der Waals surface area contributed by atoms with Crippen LogP contribution in [0.25, 0.3) is 0 Å². The number of anilines is 1. The second kappa shape index (κ2) is 7.32. The second-order valence-electron chi connectivity index (χ2n) is 5.11. The van der Waals surface area contributed by atoms with Crippen molar-refractivity contribution in [2.45, 2.75) is 19.9 Å². The predicted octanol–water partition coefficient (Wildman–Crippen LogP) is -0.365. The first-order valence-electron chi connectivity index (χ1n) is 7.32. The molecule has 1 saturated heterocycles. The smallest absolute Gasteiger partial charge is 0.370 e. The summed E-state index contributed by atoms with van der Waals surface area (Å²) in [5.41, 5.74) is 2.55. The van der Waals surface area contributed by atoms with Crippen molar-refractivity contribution in [1.29, 1.82) is 0 Å². The maximum atomic E-state index is 5.80. The summed E-state index contributed by atoms with van der Waals surface area (Å²) >= 11 is 0. The van der Waals surface area contributed by atoms with E-state index >= 15 is 0 Å². The molecule has 0 saturated carbocycles. The van der Waals surface area contributed by atoms with Gasteiger partial charge in [0.1, 0.15) is 0 Å². The fourth-order valence-corrected chi connectivity index (χ4v) is 2.45. The lowest BCUT2D eigenvalue weighted by atomic mass is 10.2. The van der Waals surface area contributed by atoms with E-state index in [4.69, 9.17) is 4.74 Å². The SMILES string of the molecule is CCOc1cc(N2CCC2)cc[n+]1Cc1ccccc1.[Cl-]. The lowest BCUT2D eigenvalue weighted by Gasteiger charge is -2.32. The lowest BCUT2D eigenvalue weighted by Crippen LogP contribution is -3.00. The van der Waals surface area contributed by atoms with E-state index in [-0.39, 0.29) is 12.4 Å². The van der Waals surface area contributed by atoms with Gasteiger partial charge in [0.25, 0.3) is 0 Å². The van der Waals surface area contributed by atoms with Crippen LogP contribution in [0.15, 0.2) is 48.7 Å². The Morgan fingerprint density at radius 1 is 1.14 bits per heavy atom. The van der Waals surface area contributed by atoms with Gasteiger partial charge >= 0.3 is 5.88 Å². The molecule has 3 nitrogen and oxygen atoms in total. The molecule has 1 aliphatic heterocycles. The molecule has 0 spiro atoms. The van der Waals surface area contributed by atoms with E-state index in [1.54, 1.807) is 0 Å². The predicted molar refractivity (Wildman–Crippen MR) is 80.2 cm³/mol. The van der Waals surface area contributed by atoms with Gasteiger partial charge in [-0.15, -0.1) is 0 Å². The molecule has 1 aromatic heterocycles. The van der Waals surface area contributed by atoms with Crippen molar-refractivity contribution >= 4 is 5.69 Å². The van der Waals surface area contributed by atoms with Crippen molar-refractivity contribution in [2.24, 2.45) is 0 Å². The number of nitrogens with zero attached hydrogens (tertiary/aromatic N) is 2. The average Bonchev–Trinajstić information content (AvgIpc) is 2.41. The normalized spacial score (nSPS) is 13.3. The number of hydrogen-bond donors (Lipinski definition) is 0. The molecular weight excluding hydrogens is 284 g/mol. The Kier molecular flexibility index (Phi) is 5.45. The third-order valence-corrected chi connectivity index (χ3v) is 3.69. The highest BCUT2D eigenvalue weighted by Crippen LogP contribution is 2.22. The highest BCUT2D eigenvalue weighted by molar-refractivity contribution is 5.48. The van der Waals surface area contributed by atoms with E-state index in [9.17, 15) is 0 Å². The van der Waals surface area contributed by atoms with Crippen LogP contribution < -0.4 is 26.6 Å². The Morgan fingerprint density at radius 2 is 1.90 bits per heavy atom. The molecule has 112 valence electrons. The van der Waals surface area contributed by atoms with E-state index in [1.807, 2.05) is 13.0 Å². The molecule has 4 heteroatoms. The highest BCUT2D eigenvalue weighted by atomic mass is 35.5. The summed E-state index contributed by atoms with van der Waals surface area (Å²) in [4.78, 5) is 2.38. The quantitative estimate of drug-likeness (QED) is 0.701. The summed E-state index contributed by atoms with van der Waals surface area (Å²) in [5.74, 6) is 0.945. The molecule has 1 aliphatic rings. The number of hydrogen-bond acceptors (Lipinski definition) is 2. The Bertz CT molecular complexity index is 570. The van der Waals surface area contributed by atoms with Crippen molar-refractivity contribution in [3.63, 3.8) is 0 Å². The Hall–Kier alpha value is -1.74. The monoisotopic (exact) mass is 304 g/mol. The minimum absolute atomic E-state index is 0. The number of aromatic nitrogens is 1. The molecule has 21 heavy (non-hydrogen) atoms. The van der Waals surface area contributed by atoms with Crippen molar-refractivity contribution in [1.82, 2.24) is 0 Å². The fraction of sp³-hybridized carbons (Fsp3) is 0.353. The van der Waals surface area contributed by atoms with Gasteiger partial charge in [-0.1, -0.05) is 30.3 Å². The molecule has 0 aliphatic carbocycles. The molecule has 0 unspecified atom stereocenters. The van der Waals surface area contributed by atoms with Crippen molar-refractivity contribution in [2.75, 3.05) is 24.6 Å². The standard InChI is InChI=1S/C17H21N2O.ClH/c1-2-20-17-13-16(18-10-6-11-18)9-12-19(17)14-15-7-4-3-5-8-15;/h3-5,7-9,12-13H,2,6,10-11,14H2,1H3;1H/q+1;/p-1. The van der Waals surface area contributed by atoms with Gasteiger partial charge < -0.3 is 22.0 Å². The molecule has 2 heterocycles. The average molecular weight is 305 g/mol. The summed E-state index contributed by atoms with van der Waals surface area (Å²) < 4.78 is 7.97. The second-order valence-corrected chi connectivity index (χ2v) is 5.11. The molecule has 0 amide bonds. The van der Waals surface area contributed by atoms with Gasteiger partial charge in [-0.2, -0.15) is 4.57 Å². The first-order valence-corrected chi connectivity index (χ1v) is 7.32. The van der Waals surface area contributed by atoms with Crippen LogP contribution in [0.3, 0.4) is 0 Å². The largest absolute Gasteiger partial charge is 1.00 e. The van der Waals surface area contributed by atoms with Crippen LogP contribution in [0, 0.1) is 0 Å². The first-order chi connectivity index (χ1) is 9.86. The lowest BCUT2D eigenvalue weighted by molar-refractivity contribution is -0.693. The number of benzene rings is 1. The van der Waals surface area contributed by atoms with Gasteiger partial charge in [-0.25, -0.2) is 0 Å².